The van der Waals surface area contributed by atoms with Crippen LogP contribution in [0.2, 0.25) is 0 Å². The fraction of sp³-hybridized carbons (Fsp3) is 0.787. The van der Waals surface area contributed by atoms with E-state index in [2.05, 4.69) is 20.5 Å². The van der Waals surface area contributed by atoms with Crippen molar-refractivity contribution in [1.29, 1.82) is 0 Å². The predicted molar refractivity (Wildman–Crippen MR) is 252 cm³/mol. The lowest BCUT2D eigenvalue weighted by Gasteiger charge is -2.46. The SMILES string of the molecule is C.C.C.C.C.CC[C@H]1OC(=O)[C@H](C)C(=O)C[C@@H](O[C@@H]2OC(C)CC(N(C)C)C2O)[C@](C)(OC)C[C@@H](C)CN(C(C)=O)[C@H](C)[C@H]2N(CCCCn3cc(-c4cccnn4)nn3)C(=O)O[C@]12C. The molecule has 5 rings (SSSR count). The largest absolute Gasteiger partial charge is 0.458 e. The maximum absolute atomic E-state index is 14.1. The van der Waals surface area contributed by atoms with E-state index in [1.807, 2.05) is 53.6 Å². The number of ketones is 1. The second kappa shape index (κ2) is 25.7. The van der Waals surface area contributed by atoms with Crippen LogP contribution in [0.1, 0.15) is 131 Å². The topological polar surface area (TPSA) is 201 Å². The van der Waals surface area contributed by atoms with E-state index >= 15 is 0 Å². The number of amides is 2. The molecule has 65 heavy (non-hydrogen) atoms. The first-order valence-electron chi connectivity index (χ1n) is 21.2. The third-order valence-electron chi connectivity index (χ3n) is 12.7. The Kier molecular flexibility index (Phi) is 24.1. The van der Waals surface area contributed by atoms with Crippen LogP contribution >= 0.6 is 0 Å². The van der Waals surface area contributed by atoms with E-state index < -0.39 is 71.7 Å². The van der Waals surface area contributed by atoms with Gasteiger partial charge in [0.15, 0.2) is 11.9 Å². The maximum Gasteiger partial charge on any atom is 0.410 e. The first kappa shape index (κ1) is 60.9. The lowest BCUT2D eigenvalue weighted by atomic mass is 9.82. The molecule has 18 heteroatoms. The summed E-state index contributed by atoms with van der Waals surface area (Å²) < 4.78 is 33.0. The lowest BCUT2D eigenvalue weighted by Crippen LogP contribution is -2.62. The molecule has 1 N–H and O–H groups in total. The van der Waals surface area contributed by atoms with Gasteiger partial charge < -0.3 is 38.6 Å². The van der Waals surface area contributed by atoms with Crippen molar-refractivity contribution in [3.05, 3.63) is 24.5 Å². The van der Waals surface area contributed by atoms with Gasteiger partial charge in [-0.2, -0.15) is 5.10 Å². The normalized spacial score (nSPS) is 32.1. The quantitative estimate of drug-likeness (QED) is 0.142. The molecule has 0 aromatic carbocycles. The van der Waals surface area contributed by atoms with Gasteiger partial charge >= 0.3 is 12.1 Å². The Morgan fingerprint density at radius 3 is 2.25 bits per heavy atom. The van der Waals surface area contributed by atoms with E-state index in [0.717, 1.165) is 0 Å². The molecule has 3 fully saturated rings. The summed E-state index contributed by atoms with van der Waals surface area (Å²) in [6.07, 6.45) is 0.659. The number of cyclic esters (lactones) is 1. The molecular formula is C47H86N8O10. The molecule has 374 valence electrons. The lowest BCUT2D eigenvalue weighted by molar-refractivity contribution is -0.289. The van der Waals surface area contributed by atoms with Gasteiger partial charge in [-0.1, -0.05) is 56.2 Å². The third kappa shape index (κ3) is 13.7. The molecule has 2 aromatic heterocycles. The van der Waals surface area contributed by atoms with Crippen LogP contribution in [-0.2, 0) is 44.6 Å². The van der Waals surface area contributed by atoms with Crippen molar-refractivity contribution in [1.82, 2.24) is 39.9 Å². The number of unbranched alkanes of at least 4 members (excludes halogenated alkanes) is 1. The number of likely N-dealkylation sites (N-methyl/N-ethyl adjacent to an activating group) is 1. The number of methoxy groups -OCH3 is 1. The minimum absolute atomic E-state index is 0. The van der Waals surface area contributed by atoms with Crippen molar-refractivity contribution >= 4 is 23.8 Å². The summed E-state index contributed by atoms with van der Waals surface area (Å²) in [5.74, 6) is -2.87. The molecule has 18 nitrogen and oxygen atoms in total. The summed E-state index contributed by atoms with van der Waals surface area (Å²) in [6, 6.07) is 1.99. The zero-order valence-corrected chi connectivity index (χ0v) is 37.1. The van der Waals surface area contributed by atoms with Crippen LogP contribution in [-0.4, -0.2) is 163 Å². The van der Waals surface area contributed by atoms with Crippen LogP contribution in [0, 0.1) is 11.8 Å². The van der Waals surface area contributed by atoms with Crippen molar-refractivity contribution in [3.63, 3.8) is 0 Å². The second-order valence-electron chi connectivity index (χ2n) is 17.5. The van der Waals surface area contributed by atoms with Crippen molar-refractivity contribution in [2.75, 3.05) is 34.3 Å². The third-order valence-corrected chi connectivity index (χ3v) is 12.7. The zero-order chi connectivity index (χ0) is 44.1. The van der Waals surface area contributed by atoms with Crippen molar-refractivity contribution in [2.24, 2.45) is 11.8 Å². The number of aliphatic hydroxyl groups is 1. The number of Topliss-reactive ketones (excluding diaryl/α,β-unsaturated/α-hetero) is 1. The molecule has 0 aliphatic carbocycles. The number of hydrogen-bond acceptors (Lipinski definition) is 15. The Labute approximate surface area is 390 Å². The van der Waals surface area contributed by atoms with Crippen LogP contribution < -0.4 is 0 Å². The smallest absolute Gasteiger partial charge is 0.410 e. The van der Waals surface area contributed by atoms with E-state index in [1.165, 1.54) is 21.0 Å². The first-order chi connectivity index (χ1) is 28.3. The highest BCUT2D eigenvalue weighted by atomic mass is 16.7. The summed E-state index contributed by atoms with van der Waals surface area (Å²) >= 11 is 0. The predicted octanol–water partition coefficient (Wildman–Crippen LogP) is 6.69. The Balaban J connectivity index is 0.00000819. The molecule has 0 spiro atoms. The number of rotatable bonds is 11. The zero-order valence-electron chi connectivity index (χ0n) is 37.1. The number of aromatic nitrogens is 5. The van der Waals surface area contributed by atoms with E-state index in [4.69, 9.17) is 23.7 Å². The van der Waals surface area contributed by atoms with Gasteiger partial charge in [0.25, 0.3) is 0 Å². The summed E-state index contributed by atoms with van der Waals surface area (Å²) in [5.41, 5.74) is -1.32. The Morgan fingerprint density at radius 1 is 1.00 bits per heavy atom. The van der Waals surface area contributed by atoms with Crippen molar-refractivity contribution < 1.29 is 48.0 Å². The molecule has 12 atom stereocenters. The summed E-state index contributed by atoms with van der Waals surface area (Å²) in [4.78, 5) is 61.0. The van der Waals surface area contributed by atoms with Gasteiger partial charge in [-0.15, -0.1) is 10.2 Å². The average molecular weight is 923 g/mol. The number of hydrogen-bond donors (Lipinski definition) is 1. The maximum atomic E-state index is 14.1. The summed E-state index contributed by atoms with van der Waals surface area (Å²) in [6.45, 7) is 15.2. The number of carbonyl (C=O) groups excluding carboxylic acids is 4. The van der Waals surface area contributed by atoms with Gasteiger partial charge in [0.05, 0.1) is 36.1 Å². The number of carbonyl (C=O) groups is 4. The molecule has 3 aliphatic rings. The van der Waals surface area contributed by atoms with Gasteiger partial charge in [-0.3, -0.25) is 24.0 Å². The molecule has 0 saturated carbocycles. The van der Waals surface area contributed by atoms with Gasteiger partial charge in [0.1, 0.15) is 35.3 Å². The molecule has 2 aromatic rings. The molecule has 5 heterocycles. The van der Waals surface area contributed by atoms with Crippen LogP contribution in [0.15, 0.2) is 24.5 Å². The van der Waals surface area contributed by atoms with Crippen molar-refractivity contribution in [2.45, 2.75) is 198 Å². The Bertz CT molecular complexity index is 1790. The van der Waals surface area contributed by atoms with Crippen LogP contribution in [0.5, 0.6) is 0 Å². The highest BCUT2D eigenvalue weighted by Crippen LogP contribution is 2.41. The highest BCUT2D eigenvalue weighted by molar-refractivity contribution is 5.99. The fourth-order valence-electron chi connectivity index (χ4n) is 9.23. The van der Waals surface area contributed by atoms with Crippen LogP contribution in [0.3, 0.4) is 0 Å². The Hall–Kier alpha value is -4.10. The second-order valence-corrected chi connectivity index (χ2v) is 17.5. The average Bonchev–Trinajstić information content (AvgIpc) is 3.78. The van der Waals surface area contributed by atoms with Crippen LogP contribution in [0.4, 0.5) is 4.79 Å². The molecular weight excluding hydrogens is 837 g/mol. The minimum atomic E-state index is -1.39. The molecule has 3 saturated heterocycles. The van der Waals surface area contributed by atoms with E-state index in [0.29, 0.717) is 50.2 Å². The molecule has 3 unspecified atom stereocenters. The number of esters is 1. The number of aryl methyl sites for hydroxylation is 1. The Morgan fingerprint density at radius 2 is 1.66 bits per heavy atom. The van der Waals surface area contributed by atoms with Crippen molar-refractivity contribution in [3.8, 4) is 11.4 Å². The molecule has 3 aliphatic heterocycles. The molecule has 0 radical (unpaired) electrons. The highest BCUT2D eigenvalue weighted by Gasteiger charge is 2.59. The molecule has 0 bridgehead atoms. The van der Waals surface area contributed by atoms with Gasteiger partial charge in [0, 0.05) is 52.3 Å². The van der Waals surface area contributed by atoms with E-state index in [1.54, 1.807) is 45.9 Å². The van der Waals surface area contributed by atoms with Gasteiger partial charge in [-0.05, 0) is 98.9 Å². The summed E-state index contributed by atoms with van der Waals surface area (Å²) in [7, 11) is 5.29. The standard InChI is InChI=1S/C42H66N8O10.5CH4/c1-12-34-42(8)37(49(40(55)60-42)19-14-13-18-48-24-31(45-46-48)30-16-15-17-43-44-30)28(5)50(29(6)51)23-25(2)22-41(7,56-11)35(21-33(52)27(4)38(54)58-34)59-39-36(53)32(47(9)10)20-26(3)57-39;;;;;/h15-17,24-28,32,34-37,39,53H,12-14,18-23H2,1-11H3;5*1H4/t25-,26?,27-,28-,32?,34-,35-,36?,37-,39+,41-,42-;;;;;/m1...../s1. The number of fused-ring (bicyclic) bond motifs is 1. The van der Waals surface area contributed by atoms with Crippen LogP contribution in [0.25, 0.3) is 11.4 Å². The summed E-state index contributed by atoms with van der Waals surface area (Å²) in [5, 5.41) is 27.9. The van der Waals surface area contributed by atoms with E-state index in [9.17, 15) is 24.3 Å². The molecule has 2 amide bonds. The van der Waals surface area contributed by atoms with Gasteiger partial charge in [-0.25, -0.2) is 4.79 Å². The first-order valence-corrected chi connectivity index (χ1v) is 21.2. The number of aliphatic hydroxyl groups excluding tert-OH is 1. The fourth-order valence-corrected chi connectivity index (χ4v) is 9.23. The number of nitrogens with zero attached hydrogens (tertiary/aromatic N) is 8. The monoisotopic (exact) mass is 923 g/mol. The number of ether oxygens (including phenoxy) is 5. The minimum Gasteiger partial charge on any atom is -0.458 e. The van der Waals surface area contributed by atoms with Gasteiger partial charge in [0.2, 0.25) is 5.91 Å². The van der Waals surface area contributed by atoms with E-state index in [-0.39, 0.29) is 80.5 Å².